The molecule has 1 fully saturated rings. The van der Waals surface area contributed by atoms with Gasteiger partial charge in [-0.05, 0) is 43.7 Å². The van der Waals surface area contributed by atoms with Gasteiger partial charge in [0.2, 0.25) is 0 Å². The van der Waals surface area contributed by atoms with Gasteiger partial charge in [0.1, 0.15) is 18.1 Å². The summed E-state index contributed by atoms with van der Waals surface area (Å²) in [6.07, 6.45) is 2.70. The second kappa shape index (κ2) is 10.0. The number of methoxy groups -OCH3 is 1. The SMILES string of the molecule is CCN(CCNC(=NC)NCCOc1ccc(OC)cc1)C1CC1. The van der Waals surface area contributed by atoms with Crippen molar-refractivity contribution in [3.8, 4) is 11.5 Å². The third kappa shape index (κ3) is 6.28. The van der Waals surface area contributed by atoms with E-state index in [2.05, 4.69) is 27.4 Å². The van der Waals surface area contributed by atoms with Gasteiger partial charge in [-0.15, -0.1) is 0 Å². The summed E-state index contributed by atoms with van der Waals surface area (Å²) in [6, 6.07) is 8.40. The van der Waals surface area contributed by atoms with Gasteiger partial charge in [-0.1, -0.05) is 6.92 Å². The first-order valence-electron chi connectivity index (χ1n) is 8.72. The van der Waals surface area contributed by atoms with E-state index in [-0.39, 0.29) is 0 Å². The van der Waals surface area contributed by atoms with Crippen LogP contribution in [0.25, 0.3) is 0 Å². The van der Waals surface area contributed by atoms with Gasteiger partial charge in [-0.25, -0.2) is 0 Å². The molecule has 0 bridgehead atoms. The van der Waals surface area contributed by atoms with Crippen LogP contribution in [0.1, 0.15) is 19.8 Å². The Morgan fingerprint density at radius 3 is 2.42 bits per heavy atom. The molecule has 1 saturated carbocycles. The molecule has 1 aliphatic carbocycles. The van der Waals surface area contributed by atoms with E-state index < -0.39 is 0 Å². The van der Waals surface area contributed by atoms with Crippen LogP contribution in [0.3, 0.4) is 0 Å². The highest BCUT2D eigenvalue weighted by Gasteiger charge is 2.27. The Morgan fingerprint density at radius 2 is 1.83 bits per heavy atom. The number of aliphatic imine (C=N–C) groups is 1. The van der Waals surface area contributed by atoms with Gasteiger partial charge in [-0.2, -0.15) is 0 Å². The summed E-state index contributed by atoms with van der Waals surface area (Å²) in [5.74, 6) is 2.49. The van der Waals surface area contributed by atoms with E-state index in [1.54, 1.807) is 14.2 Å². The van der Waals surface area contributed by atoms with Crippen molar-refractivity contribution in [3.63, 3.8) is 0 Å². The van der Waals surface area contributed by atoms with Gasteiger partial charge in [0.05, 0.1) is 13.7 Å². The molecule has 0 saturated heterocycles. The third-order valence-electron chi connectivity index (χ3n) is 4.11. The van der Waals surface area contributed by atoms with E-state index in [4.69, 9.17) is 9.47 Å². The van der Waals surface area contributed by atoms with Gasteiger partial charge in [0.25, 0.3) is 0 Å². The van der Waals surface area contributed by atoms with Gasteiger partial charge in [-0.3, -0.25) is 9.89 Å². The Kier molecular flexibility index (Phi) is 7.68. The van der Waals surface area contributed by atoms with E-state index >= 15 is 0 Å². The third-order valence-corrected chi connectivity index (χ3v) is 4.11. The number of benzene rings is 1. The standard InChI is InChI=1S/C18H30N4O2/c1-4-22(15-5-6-15)13-11-20-18(19-2)21-12-14-24-17-9-7-16(23-3)8-10-17/h7-10,15H,4-6,11-14H2,1-3H3,(H2,19,20,21). The maximum atomic E-state index is 5.69. The Labute approximate surface area is 145 Å². The van der Waals surface area contributed by atoms with Crippen LogP contribution in [0, 0.1) is 0 Å². The summed E-state index contributed by atoms with van der Waals surface area (Å²) in [5, 5.41) is 6.63. The van der Waals surface area contributed by atoms with E-state index in [0.717, 1.165) is 43.1 Å². The minimum absolute atomic E-state index is 0.580. The van der Waals surface area contributed by atoms with Crippen molar-refractivity contribution in [2.75, 3.05) is 46.9 Å². The van der Waals surface area contributed by atoms with Crippen molar-refractivity contribution in [1.29, 1.82) is 0 Å². The summed E-state index contributed by atoms with van der Waals surface area (Å²) >= 11 is 0. The van der Waals surface area contributed by atoms with Crippen LogP contribution >= 0.6 is 0 Å². The minimum atomic E-state index is 0.580. The molecule has 1 aliphatic rings. The molecule has 1 aromatic rings. The molecule has 0 heterocycles. The van der Waals surface area contributed by atoms with E-state index in [1.165, 1.54) is 12.8 Å². The van der Waals surface area contributed by atoms with Crippen LogP contribution in [0.4, 0.5) is 0 Å². The molecule has 0 aliphatic heterocycles. The zero-order valence-corrected chi connectivity index (χ0v) is 15.0. The monoisotopic (exact) mass is 334 g/mol. The normalized spacial score (nSPS) is 14.6. The zero-order chi connectivity index (χ0) is 17.2. The molecule has 0 amide bonds. The largest absolute Gasteiger partial charge is 0.497 e. The van der Waals surface area contributed by atoms with Crippen molar-refractivity contribution in [2.24, 2.45) is 4.99 Å². The second-order valence-corrected chi connectivity index (χ2v) is 5.81. The number of nitrogens with zero attached hydrogens (tertiary/aromatic N) is 2. The number of guanidine groups is 1. The van der Waals surface area contributed by atoms with Crippen LogP contribution in [-0.4, -0.2) is 63.8 Å². The Balaban J connectivity index is 1.58. The zero-order valence-electron chi connectivity index (χ0n) is 15.0. The first-order chi connectivity index (χ1) is 11.8. The van der Waals surface area contributed by atoms with E-state index in [0.29, 0.717) is 13.2 Å². The predicted octanol–water partition coefficient (Wildman–Crippen LogP) is 1.72. The number of nitrogens with one attached hydrogen (secondary N) is 2. The number of likely N-dealkylation sites (N-methyl/N-ethyl adjacent to an activating group) is 1. The number of hydrogen-bond donors (Lipinski definition) is 2. The molecular formula is C18H30N4O2. The highest BCUT2D eigenvalue weighted by molar-refractivity contribution is 5.79. The minimum Gasteiger partial charge on any atom is -0.497 e. The Bertz CT molecular complexity index is 500. The molecule has 0 unspecified atom stereocenters. The van der Waals surface area contributed by atoms with E-state index in [1.807, 2.05) is 24.3 Å². The molecule has 0 spiro atoms. The maximum Gasteiger partial charge on any atom is 0.191 e. The van der Waals surface area contributed by atoms with Gasteiger partial charge in [0, 0.05) is 26.2 Å². The summed E-state index contributed by atoms with van der Waals surface area (Å²) in [5.41, 5.74) is 0. The lowest BCUT2D eigenvalue weighted by atomic mass is 10.3. The van der Waals surface area contributed by atoms with Crippen molar-refractivity contribution in [3.05, 3.63) is 24.3 Å². The smallest absolute Gasteiger partial charge is 0.191 e. The fraction of sp³-hybridized carbons (Fsp3) is 0.611. The van der Waals surface area contributed by atoms with Crippen LogP contribution in [0.15, 0.2) is 29.3 Å². The van der Waals surface area contributed by atoms with Crippen molar-refractivity contribution < 1.29 is 9.47 Å². The molecule has 0 radical (unpaired) electrons. The van der Waals surface area contributed by atoms with Gasteiger partial charge < -0.3 is 20.1 Å². The highest BCUT2D eigenvalue weighted by Crippen LogP contribution is 2.25. The molecule has 0 atom stereocenters. The molecule has 24 heavy (non-hydrogen) atoms. The number of ether oxygens (including phenoxy) is 2. The van der Waals surface area contributed by atoms with E-state index in [9.17, 15) is 0 Å². The van der Waals surface area contributed by atoms with Crippen molar-refractivity contribution in [2.45, 2.75) is 25.8 Å². The van der Waals surface area contributed by atoms with Crippen LogP contribution in [-0.2, 0) is 0 Å². The molecule has 1 aromatic carbocycles. The van der Waals surface area contributed by atoms with Crippen molar-refractivity contribution in [1.82, 2.24) is 15.5 Å². The molecule has 6 heteroatoms. The Hall–Kier alpha value is -1.95. The number of rotatable bonds is 10. The van der Waals surface area contributed by atoms with Gasteiger partial charge in [0.15, 0.2) is 5.96 Å². The van der Waals surface area contributed by atoms with Crippen LogP contribution < -0.4 is 20.1 Å². The molecule has 134 valence electrons. The quantitative estimate of drug-likeness (QED) is 0.388. The first kappa shape index (κ1) is 18.4. The maximum absolute atomic E-state index is 5.69. The molecule has 6 nitrogen and oxygen atoms in total. The fourth-order valence-electron chi connectivity index (χ4n) is 2.59. The average molecular weight is 334 g/mol. The predicted molar refractivity (Wildman–Crippen MR) is 98.1 cm³/mol. The van der Waals surface area contributed by atoms with Gasteiger partial charge >= 0.3 is 0 Å². The lowest BCUT2D eigenvalue weighted by Gasteiger charge is -2.20. The fourth-order valence-corrected chi connectivity index (χ4v) is 2.59. The average Bonchev–Trinajstić information content (AvgIpc) is 3.46. The number of hydrogen-bond acceptors (Lipinski definition) is 4. The Morgan fingerprint density at radius 1 is 1.17 bits per heavy atom. The molecule has 0 aromatic heterocycles. The molecular weight excluding hydrogens is 304 g/mol. The topological polar surface area (TPSA) is 58.1 Å². The second-order valence-electron chi connectivity index (χ2n) is 5.81. The lowest BCUT2D eigenvalue weighted by Crippen LogP contribution is -2.43. The summed E-state index contributed by atoms with van der Waals surface area (Å²) in [4.78, 5) is 6.76. The van der Waals surface area contributed by atoms with Crippen LogP contribution in [0.5, 0.6) is 11.5 Å². The van der Waals surface area contributed by atoms with Crippen molar-refractivity contribution >= 4 is 5.96 Å². The lowest BCUT2D eigenvalue weighted by molar-refractivity contribution is 0.281. The van der Waals surface area contributed by atoms with Crippen LogP contribution in [0.2, 0.25) is 0 Å². The summed E-state index contributed by atoms with van der Waals surface area (Å²) in [6.45, 7) is 6.59. The molecule has 2 N–H and O–H groups in total. The summed E-state index contributed by atoms with van der Waals surface area (Å²) in [7, 11) is 3.45. The first-order valence-corrected chi connectivity index (χ1v) is 8.72. The molecule has 2 rings (SSSR count). The highest BCUT2D eigenvalue weighted by atomic mass is 16.5. The summed E-state index contributed by atoms with van der Waals surface area (Å²) < 4.78 is 10.8.